The molecule has 8 heteroatoms. The lowest BCUT2D eigenvalue weighted by Crippen LogP contribution is -2.36. The van der Waals surface area contributed by atoms with E-state index >= 15 is 0 Å². The summed E-state index contributed by atoms with van der Waals surface area (Å²) in [6.45, 7) is -0.497. The van der Waals surface area contributed by atoms with E-state index in [-0.39, 0.29) is 12.1 Å². The molecule has 0 radical (unpaired) electrons. The summed E-state index contributed by atoms with van der Waals surface area (Å²) in [5, 5.41) is 0. The van der Waals surface area contributed by atoms with Gasteiger partial charge in [-0.1, -0.05) is 6.08 Å². The highest BCUT2D eigenvalue weighted by Crippen LogP contribution is 2.34. The maximum atomic E-state index is 12.1. The maximum Gasteiger partial charge on any atom is 0.523 e. The number of fused-ring (bicyclic) bond motifs is 2. The summed E-state index contributed by atoms with van der Waals surface area (Å²) in [7, 11) is -3.52. The lowest BCUT2D eigenvalue weighted by atomic mass is 10.0. The molecule has 1 saturated heterocycles. The first-order valence-corrected chi connectivity index (χ1v) is 6.99. The van der Waals surface area contributed by atoms with Gasteiger partial charge in [0.15, 0.2) is 0 Å². The zero-order valence-corrected chi connectivity index (χ0v) is 10.6. The molecule has 0 spiro atoms. The van der Waals surface area contributed by atoms with Crippen molar-refractivity contribution in [3.63, 3.8) is 0 Å². The largest absolute Gasteiger partial charge is 0.523 e. The van der Waals surface area contributed by atoms with Crippen molar-refractivity contribution in [3.8, 4) is 0 Å². The van der Waals surface area contributed by atoms with E-state index in [1.807, 2.05) is 13.1 Å². The van der Waals surface area contributed by atoms with Crippen molar-refractivity contribution < 1.29 is 25.8 Å². The van der Waals surface area contributed by atoms with Crippen molar-refractivity contribution in [2.45, 2.75) is 36.9 Å². The minimum atomic E-state index is -5.48. The quantitative estimate of drug-likeness (QED) is 0.449. The van der Waals surface area contributed by atoms with E-state index in [9.17, 15) is 21.6 Å². The number of halogens is 3. The van der Waals surface area contributed by atoms with Crippen molar-refractivity contribution in [1.29, 1.82) is 0 Å². The molecule has 0 N–H and O–H groups in total. The van der Waals surface area contributed by atoms with Crippen molar-refractivity contribution in [2.75, 3.05) is 13.7 Å². The van der Waals surface area contributed by atoms with Gasteiger partial charge in [0.2, 0.25) is 0 Å². The van der Waals surface area contributed by atoms with Gasteiger partial charge in [0.1, 0.15) is 0 Å². The molecular weight excluding hydrogens is 271 g/mol. The highest BCUT2D eigenvalue weighted by atomic mass is 32.2. The van der Waals surface area contributed by atoms with Crippen LogP contribution in [0.4, 0.5) is 13.2 Å². The molecule has 0 aromatic heterocycles. The monoisotopic (exact) mass is 285 g/mol. The van der Waals surface area contributed by atoms with Crippen LogP contribution < -0.4 is 0 Å². The lowest BCUT2D eigenvalue weighted by molar-refractivity contribution is -0.0537. The van der Waals surface area contributed by atoms with Gasteiger partial charge < -0.3 is 0 Å². The molecule has 1 fully saturated rings. The maximum absolute atomic E-state index is 12.1. The molecule has 4 nitrogen and oxygen atoms in total. The lowest BCUT2D eigenvalue weighted by Gasteiger charge is -2.30. The number of hydrogen-bond donors (Lipinski definition) is 0. The molecule has 2 heterocycles. The van der Waals surface area contributed by atoms with Crippen molar-refractivity contribution >= 4 is 10.1 Å². The Morgan fingerprint density at radius 2 is 2.11 bits per heavy atom. The first-order chi connectivity index (χ1) is 8.21. The Morgan fingerprint density at radius 1 is 1.44 bits per heavy atom. The van der Waals surface area contributed by atoms with Crippen molar-refractivity contribution in [2.24, 2.45) is 0 Å². The summed E-state index contributed by atoms with van der Waals surface area (Å²) in [4.78, 5) is 2.15. The minimum Gasteiger partial charge on any atom is -0.297 e. The van der Waals surface area contributed by atoms with Crippen LogP contribution in [0.15, 0.2) is 11.6 Å². The fourth-order valence-electron chi connectivity index (χ4n) is 2.46. The van der Waals surface area contributed by atoms with Gasteiger partial charge in [-0.05, 0) is 31.9 Å². The predicted octanol–water partition coefficient (Wildman–Crippen LogP) is 1.65. The third-order valence-corrected chi connectivity index (χ3v) is 4.50. The topological polar surface area (TPSA) is 46.6 Å². The highest BCUT2D eigenvalue weighted by molar-refractivity contribution is 7.87. The van der Waals surface area contributed by atoms with Gasteiger partial charge in [-0.3, -0.25) is 9.08 Å². The second-order valence-corrected chi connectivity index (χ2v) is 6.26. The first kappa shape index (κ1) is 13.8. The SMILES string of the molecule is CN1C2C=C(COS(=O)(=O)C(F)(F)F)CC1CC2. The van der Waals surface area contributed by atoms with Crippen molar-refractivity contribution in [3.05, 3.63) is 11.6 Å². The Labute approximate surface area is 104 Å². The average Bonchev–Trinajstić information content (AvgIpc) is 2.50. The number of likely N-dealkylation sites (N-methyl/N-ethyl adjacent to an activating group) is 1. The Kier molecular flexibility index (Phi) is 3.46. The van der Waals surface area contributed by atoms with E-state index in [1.165, 1.54) is 0 Å². The third kappa shape index (κ3) is 2.55. The molecule has 2 aliphatic heterocycles. The van der Waals surface area contributed by atoms with Crippen LogP contribution in [0.3, 0.4) is 0 Å². The van der Waals surface area contributed by atoms with E-state index < -0.39 is 22.2 Å². The average molecular weight is 285 g/mol. The Morgan fingerprint density at radius 3 is 2.67 bits per heavy atom. The molecule has 0 saturated carbocycles. The zero-order valence-electron chi connectivity index (χ0n) is 9.77. The Balaban J connectivity index is 1.99. The molecule has 104 valence electrons. The zero-order chi connectivity index (χ0) is 13.6. The summed E-state index contributed by atoms with van der Waals surface area (Å²) in [5.41, 5.74) is -4.72. The molecule has 2 atom stereocenters. The highest BCUT2D eigenvalue weighted by Gasteiger charge is 2.47. The second-order valence-electron chi connectivity index (χ2n) is 4.66. The van der Waals surface area contributed by atoms with Crippen LogP contribution in [0.25, 0.3) is 0 Å². The molecule has 0 aromatic carbocycles. The molecule has 18 heavy (non-hydrogen) atoms. The number of hydrogen-bond acceptors (Lipinski definition) is 4. The van der Waals surface area contributed by atoms with Gasteiger partial charge in [0, 0.05) is 12.1 Å². The Hall–Kier alpha value is -0.600. The van der Waals surface area contributed by atoms with Crippen LogP contribution in [0, 0.1) is 0 Å². The summed E-state index contributed by atoms with van der Waals surface area (Å²) in [6, 6.07) is 0.475. The van der Waals surface area contributed by atoms with Crippen LogP contribution in [-0.2, 0) is 14.3 Å². The van der Waals surface area contributed by atoms with E-state index in [0.717, 1.165) is 12.8 Å². The van der Waals surface area contributed by atoms with Gasteiger partial charge in [-0.15, -0.1) is 0 Å². The van der Waals surface area contributed by atoms with Gasteiger partial charge >= 0.3 is 15.6 Å². The van der Waals surface area contributed by atoms with Crippen LogP contribution >= 0.6 is 0 Å². The fourth-order valence-corrected chi connectivity index (χ4v) is 2.90. The molecule has 2 unspecified atom stereocenters. The first-order valence-electron chi connectivity index (χ1n) is 5.58. The fraction of sp³-hybridized carbons (Fsp3) is 0.800. The normalized spacial score (nSPS) is 29.4. The van der Waals surface area contributed by atoms with Crippen LogP contribution in [0.5, 0.6) is 0 Å². The molecule has 2 rings (SSSR count). The van der Waals surface area contributed by atoms with E-state index in [0.29, 0.717) is 12.0 Å². The van der Waals surface area contributed by atoms with E-state index in [4.69, 9.17) is 0 Å². The van der Waals surface area contributed by atoms with Gasteiger partial charge in [0.25, 0.3) is 0 Å². The molecule has 0 aliphatic carbocycles. The summed E-state index contributed by atoms with van der Waals surface area (Å²) < 4.78 is 61.8. The number of nitrogens with zero attached hydrogens (tertiary/aromatic N) is 1. The summed E-state index contributed by atoms with van der Waals surface area (Å²) in [6.07, 6.45) is 4.32. The molecular formula is C10H14F3NO3S. The van der Waals surface area contributed by atoms with Crippen LogP contribution in [-0.4, -0.2) is 44.6 Å². The predicted molar refractivity (Wildman–Crippen MR) is 58.2 cm³/mol. The smallest absolute Gasteiger partial charge is 0.297 e. The van der Waals surface area contributed by atoms with Gasteiger partial charge in [0.05, 0.1) is 6.61 Å². The van der Waals surface area contributed by atoms with Crippen LogP contribution in [0.2, 0.25) is 0 Å². The number of rotatable bonds is 3. The molecule has 0 amide bonds. The molecule has 2 aliphatic rings. The van der Waals surface area contributed by atoms with Crippen LogP contribution in [0.1, 0.15) is 19.3 Å². The Bertz CT molecular complexity index is 457. The van der Waals surface area contributed by atoms with E-state index in [2.05, 4.69) is 9.08 Å². The summed E-state index contributed by atoms with van der Waals surface area (Å²) in [5.74, 6) is 0. The van der Waals surface area contributed by atoms with Crippen molar-refractivity contribution in [1.82, 2.24) is 4.90 Å². The van der Waals surface area contributed by atoms with Gasteiger partial charge in [-0.2, -0.15) is 21.6 Å². The standard InChI is InChI=1S/C10H14F3NO3S/c1-14-8-2-3-9(14)5-7(4-8)6-17-18(15,16)10(11,12)13/h4,8-9H,2-3,5-6H2,1H3. The molecule has 2 bridgehead atoms. The third-order valence-electron chi connectivity index (χ3n) is 3.50. The second kappa shape index (κ2) is 4.50. The van der Waals surface area contributed by atoms with E-state index in [1.54, 1.807) is 0 Å². The number of alkyl halides is 3. The summed E-state index contributed by atoms with van der Waals surface area (Å²) >= 11 is 0. The van der Waals surface area contributed by atoms with Gasteiger partial charge in [-0.25, -0.2) is 0 Å². The minimum absolute atomic E-state index is 0.191. The molecule has 0 aromatic rings.